The van der Waals surface area contributed by atoms with Gasteiger partial charge in [-0.3, -0.25) is 14.5 Å². The maximum absolute atomic E-state index is 13.4. The number of nitrogens with one attached hydrogen (secondary N) is 2. The summed E-state index contributed by atoms with van der Waals surface area (Å²) in [7, 11) is 0. The monoisotopic (exact) mass is 489 g/mol. The molecule has 1 aliphatic rings. The van der Waals surface area contributed by atoms with Crippen molar-refractivity contribution in [2.24, 2.45) is 0 Å². The summed E-state index contributed by atoms with van der Waals surface area (Å²) in [5.74, 6) is -0.869. The Labute approximate surface area is 205 Å². The molecule has 0 saturated carbocycles. The molecule has 2 aromatic carbocycles. The molecule has 34 heavy (non-hydrogen) atoms. The standard InChI is InChI=1S/C26H33ClFN3O3/c1-4-34-14-11-29-25(32)19-5-7-22(17(2)15-19)18(3)31-12-9-21(10-13-31)30-26(33)20-6-8-24(28)23(27)16-20/h5-8,15-16,18,21H,4,9-14H2,1-3H3,(H,29,32)(H,30,33). The van der Waals surface area contributed by atoms with E-state index < -0.39 is 5.82 Å². The van der Waals surface area contributed by atoms with Gasteiger partial charge in [0, 0.05) is 49.5 Å². The molecular formula is C26H33ClFN3O3. The first-order chi connectivity index (χ1) is 16.3. The van der Waals surface area contributed by atoms with E-state index in [2.05, 4.69) is 22.5 Å². The minimum atomic E-state index is -0.536. The number of likely N-dealkylation sites (tertiary alicyclic amines) is 1. The lowest BCUT2D eigenvalue weighted by molar-refractivity contribution is 0.0893. The van der Waals surface area contributed by atoms with Crippen molar-refractivity contribution in [3.63, 3.8) is 0 Å². The molecule has 0 aliphatic carbocycles. The van der Waals surface area contributed by atoms with E-state index in [1.54, 1.807) is 0 Å². The molecule has 0 radical (unpaired) electrons. The fraction of sp³-hybridized carbons (Fsp3) is 0.462. The number of aryl methyl sites for hydroxylation is 1. The zero-order valence-electron chi connectivity index (χ0n) is 20.0. The van der Waals surface area contributed by atoms with Crippen molar-refractivity contribution in [3.8, 4) is 0 Å². The van der Waals surface area contributed by atoms with Crippen LogP contribution in [0.4, 0.5) is 4.39 Å². The lowest BCUT2D eigenvalue weighted by atomic mass is 9.95. The molecule has 0 aromatic heterocycles. The molecule has 6 nitrogen and oxygen atoms in total. The predicted octanol–water partition coefficient (Wildman–Crippen LogP) is 4.51. The highest BCUT2D eigenvalue weighted by Crippen LogP contribution is 2.27. The normalized spacial score (nSPS) is 15.7. The maximum atomic E-state index is 13.4. The molecular weight excluding hydrogens is 457 g/mol. The van der Waals surface area contributed by atoms with Crippen LogP contribution in [0.3, 0.4) is 0 Å². The fourth-order valence-corrected chi connectivity index (χ4v) is 4.48. The molecule has 1 saturated heterocycles. The maximum Gasteiger partial charge on any atom is 0.251 e. The van der Waals surface area contributed by atoms with Crippen molar-refractivity contribution in [1.82, 2.24) is 15.5 Å². The highest BCUT2D eigenvalue weighted by Gasteiger charge is 2.26. The number of halogens is 2. The Kier molecular flexibility index (Phi) is 9.45. The topological polar surface area (TPSA) is 70.7 Å². The number of hydrogen-bond donors (Lipinski definition) is 2. The van der Waals surface area contributed by atoms with Crippen LogP contribution in [0.5, 0.6) is 0 Å². The van der Waals surface area contributed by atoms with Gasteiger partial charge in [0.15, 0.2) is 0 Å². The van der Waals surface area contributed by atoms with E-state index in [0.29, 0.717) is 30.9 Å². The van der Waals surface area contributed by atoms with Crippen LogP contribution in [-0.4, -0.2) is 55.6 Å². The van der Waals surface area contributed by atoms with Gasteiger partial charge in [-0.25, -0.2) is 4.39 Å². The van der Waals surface area contributed by atoms with Crippen molar-refractivity contribution in [1.29, 1.82) is 0 Å². The minimum absolute atomic E-state index is 0.0549. The number of carbonyl (C=O) groups is 2. The number of ether oxygens (including phenoxy) is 1. The summed E-state index contributed by atoms with van der Waals surface area (Å²) in [4.78, 5) is 27.3. The van der Waals surface area contributed by atoms with E-state index in [1.165, 1.54) is 23.8 Å². The van der Waals surface area contributed by atoms with Gasteiger partial charge in [-0.2, -0.15) is 0 Å². The van der Waals surface area contributed by atoms with E-state index >= 15 is 0 Å². The smallest absolute Gasteiger partial charge is 0.251 e. The van der Waals surface area contributed by atoms with Crippen LogP contribution in [0, 0.1) is 12.7 Å². The van der Waals surface area contributed by atoms with Crippen LogP contribution in [-0.2, 0) is 4.74 Å². The molecule has 2 amide bonds. The van der Waals surface area contributed by atoms with E-state index in [9.17, 15) is 14.0 Å². The Hall–Kier alpha value is -2.48. The lowest BCUT2D eigenvalue weighted by Crippen LogP contribution is -2.45. The van der Waals surface area contributed by atoms with Gasteiger partial charge < -0.3 is 15.4 Å². The van der Waals surface area contributed by atoms with E-state index in [1.807, 2.05) is 32.0 Å². The number of nitrogens with zero attached hydrogens (tertiary/aromatic N) is 1. The summed E-state index contributed by atoms with van der Waals surface area (Å²) in [5, 5.41) is 5.86. The van der Waals surface area contributed by atoms with Crippen LogP contribution in [0.15, 0.2) is 36.4 Å². The van der Waals surface area contributed by atoms with Gasteiger partial charge in [0.05, 0.1) is 11.6 Å². The summed E-state index contributed by atoms with van der Waals surface area (Å²) >= 11 is 5.80. The van der Waals surface area contributed by atoms with Crippen molar-refractivity contribution < 1.29 is 18.7 Å². The molecule has 2 aromatic rings. The first kappa shape index (κ1) is 26.1. The molecule has 0 spiro atoms. The summed E-state index contributed by atoms with van der Waals surface area (Å²) in [5.41, 5.74) is 3.27. The molecule has 1 aliphatic heterocycles. The van der Waals surface area contributed by atoms with Gasteiger partial charge in [0.2, 0.25) is 0 Å². The van der Waals surface area contributed by atoms with Crippen molar-refractivity contribution in [2.75, 3.05) is 32.8 Å². The van der Waals surface area contributed by atoms with Gasteiger partial charge in [0.1, 0.15) is 5.82 Å². The molecule has 1 unspecified atom stereocenters. The van der Waals surface area contributed by atoms with E-state index in [-0.39, 0.29) is 28.9 Å². The van der Waals surface area contributed by atoms with Gasteiger partial charge in [-0.1, -0.05) is 17.7 Å². The number of carbonyl (C=O) groups excluding carboxylic acids is 2. The number of benzene rings is 2. The van der Waals surface area contributed by atoms with E-state index in [4.69, 9.17) is 16.3 Å². The summed E-state index contributed by atoms with van der Waals surface area (Å²) in [6.45, 7) is 9.44. The zero-order valence-corrected chi connectivity index (χ0v) is 20.8. The quantitative estimate of drug-likeness (QED) is 0.508. The zero-order chi connectivity index (χ0) is 24.7. The number of piperidine rings is 1. The highest BCUT2D eigenvalue weighted by atomic mass is 35.5. The first-order valence-electron chi connectivity index (χ1n) is 11.8. The molecule has 0 bridgehead atoms. The third-order valence-electron chi connectivity index (χ3n) is 6.31. The van der Waals surface area contributed by atoms with Gasteiger partial charge in [-0.05, 0) is 75.1 Å². The molecule has 1 fully saturated rings. The number of rotatable bonds is 9. The van der Waals surface area contributed by atoms with Crippen molar-refractivity contribution in [3.05, 3.63) is 69.5 Å². The van der Waals surface area contributed by atoms with Gasteiger partial charge >= 0.3 is 0 Å². The Bertz CT molecular complexity index is 1010. The molecule has 184 valence electrons. The SMILES string of the molecule is CCOCCNC(=O)c1ccc(C(C)N2CCC(NC(=O)c3ccc(F)c(Cl)c3)CC2)c(C)c1. The fourth-order valence-electron chi connectivity index (χ4n) is 4.30. The van der Waals surface area contributed by atoms with Gasteiger partial charge in [-0.15, -0.1) is 0 Å². The average Bonchev–Trinajstić information content (AvgIpc) is 2.83. The Morgan fingerprint density at radius 1 is 1.15 bits per heavy atom. The Morgan fingerprint density at radius 2 is 1.82 bits per heavy atom. The third-order valence-corrected chi connectivity index (χ3v) is 6.60. The second-order valence-corrected chi connectivity index (χ2v) is 9.02. The van der Waals surface area contributed by atoms with Crippen LogP contribution in [0.1, 0.15) is 64.6 Å². The van der Waals surface area contributed by atoms with Crippen LogP contribution in [0.25, 0.3) is 0 Å². The molecule has 1 heterocycles. The highest BCUT2D eigenvalue weighted by molar-refractivity contribution is 6.31. The van der Waals surface area contributed by atoms with Crippen LogP contribution < -0.4 is 10.6 Å². The van der Waals surface area contributed by atoms with E-state index in [0.717, 1.165) is 31.5 Å². The molecule has 2 N–H and O–H groups in total. The van der Waals surface area contributed by atoms with Crippen molar-refractivity contribution in [2.45, 2.75) is 45.7 Å². The minimum Gasteiger partial charge on any atom is -0.380 e. The summed E-state index contributed by atoms with van der Waals surface area (Å²) < 4.78 is 18.6. The molecule has 8 heteroatoms. The largest absolute Gasteiger partial charge is 0.380 e. The number of amides is 2. The molecule has 1 atom stereocenters. The summed E-state index contributed by atoms with van der Waals surface area (Å²) in [6.07, 6.45) is 1.65. The number of hydrogen-bond acceptors (Lipinski definition) is 4. The lowest BCUT2D eigenvalue weighted by Gasteiger charge is -2.37. The Morgan fingerprint density at radius 3 is 2.47 bits per heavy atom. The molecule has 3 rings (SSSR count). The first-order valence-corrected chi connectivity index (χ1v) is 12.1. The van der Waals surface area contributed by atoms with Crippen molar-refractivity contribution >= 4 is 23.4 Å². The predicted molar refractivity (Wildman–Crippen MR) is 132 cm³/mol. The summed E-state index contributed by atoms with van der Waals surface area (Å²) in [6, 6.07) is 10.1. The Balaban J connectivity index is 1.52. The van der Waals surface area contributed by atoms with Gasteiger partial charge in [0.25, 0.3) is 11.8 Å². The van der Waals surface area contributed by atoms with Crippen LogP contribution in [0.2, 0.25) is 5.02 Å². The second kappa shape index (κ2) is 12.3. The third kappa shape index (κ3) is 6.78. The average molecular weight is 490 g/mol. The second-order valence-electron chi connectivity index (χ2n) is 8.61. The van der Waals surface area contributed by atoms with Crippen LogP contribution >= 0.6 is 11.6 Å².